The molecule has 96 valence electrons. The first-order valence-corrected chi connectivity index (χ1v) is 6.39. The Labute approximate surface area is 108 Å². The molecule has 0 saturated carbocycles. The van der Waals surface area contributed by atoms with E-state index in [0.29, 0.717) is 0 Å². The average molecular weight is 244 g/mol. The van der Waals surface area contributed by atoms with E-state index in [0.717, 1.165) is 6.54 Å². The van der Waals surface area contributed by atoms with Gasteiger partial charge in [-0.25, -0.2) is 0 Å². The van der Waals surface area contributed by atoms with Gasteiger partial charge in [-0.1, -0.05) is 6.07 Å². The third-order valence-electron chi connectivity index (χ3n) is 3.16. The highest BCUT2D eigenvalue weighted by atomic mass is 15.3. The first-order valence-electron chi connectivity index (χ1n) is 6.39. The number of nitrogens with one attached hydrogen (secondary N) is 1. The van der Waals surface area contributed by atoms with Gasteiger partial charge < -0.3 is 5.32 Å². The lowest BCUT2D eigenvalue weighted by Gasteiger charge is -2.19. The molecule has 2 heterocycles. The molecule has 0 bridgehead atoms. The predicted octanol–water partition coefficient (Wildman–Crippen LogP) is 2.71. The molecule has 0 fully saturated rings. The lowest BCUT2D eigenvalue weighted by Crippen LogP contribution is -2.22. The van der Waals surface area contributed by atoms with E-state index >= 15 is 0 Å². The molecule has 0 spiro atoms. The second kappa shape index (κ2) is 5.78. The van der Waals surface area contributed by atoms with Crippen molar-refractivity contribution in [2.75, 3.05) is 0 Å². The van der Waals surface area contributed by atoms with Crippen molar-refractivity contribution in [3.05, 3.63) is 48.0 Å². The Morgan fingerprint density at radius 1 is 1.22 bits per heavy atom. The number of nitrogens with zero attached hydrogens (tertiary/aromatic N) is 3. The van der Waals surface area contributed by atoms with Crippen molar-refractivity contribution in [1.82, 2.24) is 20.1 Å². The third kappa shape index (κ3) is 2.96. The predicted molar refractivity (Wildman–Crippen MR) is 72.1 cm³/mol. The fraction of sp³-hybridized carbons (Fsp3) is 0.429. The van der Waals surface area contributed by atoms with Crippen LogP contribution in [0.5, 0.6) is 0 Å². The van der Waals surface area contributed by atoms with Crippen LogP contribution in [0.2, 0.25) is 0 Å². The molecule has 18 heavy (non-hydrogen) atoms. The Balaban J connectivity index is 2.01. The van der Waals surface area contributed by atoms with Crippen LogP contribution in [0.15, 0.2) is 36.9 Å². The molecule has 1 N–H and O–H groups in total. The minimum atomic E-state index is 0.277. The van der Waals surface area contributed by atoms with E-state index in [-0.39, 0.29) is 12.1 Å². The van der Waals surface area contributed by atoms with Crippen LogP contribution in [0.3, 0.4) is 0 Å². The molecule has 2 rings (SSSR count). The van der Waals surface area contributed by atoms with Gasteiger partial charge in [0, 0.05) is 42.8 Å². The summed E-state index contributed by atoms with van der Waals surface area (Å²) in [4.78, 5) is 4.15. The van der Waals surface area contributed by atoms with Crippen LogP contribution in [-0.4, -0.2) is 14.8 Å². The minimum absolute atomic E-state index is 0.277. The van der Waals surface area contributed by atoms with E-state index in [1.54, 1.807) is 6.20 Å². The maximum atomic E-state index is 4.30. The van der Waals surface area contributed by atoms with Crippen LogP contribution < -0.4 is 5.32 Å². The van der Waals surface area contributed by atoms with E-state index in [4.69, 9.17) is 0 Å². The smallest absolute Gasteiger partial charge is 0.0537 e. The molecular weight excluding hydrogens is 224 g/mol. The lowest BCUT2D eigenvalue weighted by atomic mass is 10.1. The Kier molecular flexibility index (Phi) is 4.10. The van der Waals surface area contributed by atoms with E-state index < -0.39 is 0 Å². The summed E-state index contributed by atoms with van der Waals surface area (Å²) in [7, 11) is 0. The average Bonchev–Trinajstić information content (AvgIpc) is 2.88. The van der Waals surface area contributed by atoms with Gasteiger partial charge >= 0.3 is 0 Å². The van der Waals surface area contributed by atoms with Crippen LogP contribution in [-0.2, 0) is 6.54 Å². The van der Waals surface area contributed by atoms with Gasteiger partial charge in [-0.2, -0.15) is 5.10 Å². The van der Waals surface area contributed by atoms with Crippen LogP contribution in [0.4, 0.5) is 0 Å². The first-order chi connectivity index (χ1) is 8.70. The van der Waals surface area contributed by atoms with E-state index in [9.17, 15) is 0 Å². The Morgan fingerprint density at radius 2 is 2.00 bits per heavy atom. The fourth-order valence-corrected chi connectivity index (χ4v) is 1.98. The molecule has 2 aromatic heterocycles. The molecule has 0 aliphatic carbocycles. The summed E-state index contributed by atoms with van der Waals surface area (Å²) in [6.45, 7) is 7.31. The van der Waals surface area contributed by atoms with Crippen LogP contribution in [0, 0.1) is 0 Å². The van der Waals surface area contributed by atoms with Gasteiger partial charge in [0.05, 0.1) is 6.20 Å². The minimum Gasteiger partial charge on any atom is -0.303 e. The summed E-state index contributed by atoms with van der Waals surface area (Å²) in [5, 5.41) is 7.86. The van der Waals surface area contributed by atoms with Crippen molar-refractivity contribution in [2.45, 2.75) is 39.4 Å². The summed E-state index contributed by atoms with van der Waals surface area (Å²) < 4.78 is 1.95. The second-order valence-corrected chi connectivity index (χ2v) is 4.53. The molecule has 0 aliphatic heterocycles. The third-order valence-corrected chi connectivity index (χ3v) is 3.16. The van der Waals surface area contributed by atoms with Gasteiger partial charge in [-0.05, 0) is 32.4 Å². The standard InChI is InChI=1S/C14H20N4/c1-4-18-10-14(9-16-18)12(3)17-11(2)13-6-5-7-15-8-13/h5-12,17H,4H2,1-3H3/t11-,12?/m0/s1. The van der Waals surface area contributed by atoms with Crippen LogP contribution >= 0.6 is 0 Å². The van der Waals surface area contributed by atoms with E-state index in [2.05, 4.69) is 48.4 Å². The molecule has 0 aliphatic rings. The largest absolute Gasteiger partial charge is 0.303 e. The van der Waals surface area contributed by atoms with Crippen LogP contribution in [0.1, 0.15) is 44.0 Å². The molecule has 4 nitrogen and oxygen atoms in total. The number of pyridine rings is 1. The maximum Gasteiger partial charge on any atom is 0.0537 e. The number of hydrogen-bond donors (Lipinski definition) is 1. The molecule has 0 radical (unpaired) electrons. The molecule has 0 aromatic carbocycles. The summed E-state index contributed by atoms with van der Waals surface area (Å²) in [5.74, 6) is 0. The molecule has 2 aromatic rings. The summed E-state index contributed by atoms with van der Waals surface area (Å²) >= 11 is 0. The fourth-order valence-electron chi connectivity index (χ4n) is 1.98. The topological polar surface area (TPSA) is 42.7 Å². The van der Waals surface area contributed by atoms with Gasteiger partial charge in [-0.3, -0.25) is 9.67 Å². The van der Waals surface area contributed by atoms with Gasteiger partial charge in [0.15, 0.2) is 0 Å². The van der Waals surface area contributed by atoms with Crippen LogP contribution in [0.25, 0.3) is 0 Å². The molecule has 4 heteroatoms. The molecule has 1 unspecified atom stereocenters. The number of hydrogen-bond acceptors (Lipinski definition) is 3. The SMILES string of the molecule is CCn1cc(C(C)N[C@@H](C)c2cccnc2)cn1. The highest BCUT2D eigenvalue weighted by molar-refractivity contribution is 5.15. The zero-order chi connectivity index (χ0) is 13.0. The second-order valence-electron chi connectivity index (χ2n) is 4.53. The highest BCUT2D eigenvalue weighted by Gasteiger charge is 2.12. The number of rotatable bonds is 5. The van der Waals surface area contributed by atoms with Gasteiger partial charge in [0.25, 0.3) is 0 Å². The zero-order valence-electron chi connectivity index (χ0n) is 11.2. The summed E-state index contributed by atoms with van der Waals surface area (Å²) in [6, 6.07) is 4.61. The maximum absolute atomic E-state index is 4.30. The monoisotopic (exact) mass is 244 g/mol. The van der Waals surface area contributed by atoms with Gasteiger partial charge in [0.1, 0.15) is 0 Å². The van der Waals surface area contributed by atoms with E-state index in [1.165, 1.54) is 11.1 Å². The molecular formula is C14H20N4. The lowest BCUT2D eigenvalue weighted by molar-refractivity contribution is 0.493. The Morgan fingerprint density at radius 3 is 2.61 bits per heavy atom. The number of aryl methyl sites for hydroxylation is 1. The van der Waals surface area contributed by atoms with Crippen molar-refractivity contribution in [3.63, 3.8) is 0 Å². The quantitative estimate of drug-likeness (QED) is 0.879. The molecule has 0 saturated heterocycles. The normalized spacial score (nSPS) is 14.4. The Bertz CT molecular complexity index is 478. The zero-order valence-corrected chi connectivity index (χ0v) is 11.2. The van der Waals surface area contributed by atoms with Crippen molar-refractivity contribution in [1.29, 1.82) is 0 Å². The van der Waals surface area contributed by atoms with Crippen molar-refractivity contribution < 1.29 is 0 Å². The summed E-state index contributed by atoms with van der Waals surface area (Å²) in [5.41, 5.74) is 2.42. The van der Waals surface area contributed by atoms with Crippen molar-refractivity contribution in [3.8, 4) is 0 Å². The molecule has 0 amide bonds. The van der Waals surface area contributed by atoms with E-state index in [1.807, 2.05) is 23.1 Å². The summed E-state index contributed by atoms with van der Waals surface area (Å²) in [6.07, 6.45) is 7.72. The highest BCUT2D eigenvalue weighted by Crippen LogP contribution is 2.18. The van der Waals surface area contributed by atoms with Crippen molar-refractivity contribution >= 4 is 0 Å². The van der Waals surface area contributed by atoms with Crippen molar-refractivity contribution in [2.24, 2.45) is 0 Å². The number of aromatic nitrogens is 3. The molecule has 2 atom stereocenters. The van der Waals surface area contributed by atoms with Gasteiger partial charge in [0.2, 0.25) is 0 Å². The van der Waals surface area contributed by atoms with Gasteiger partial charge in [-0.15, -0.1) is 0 Å². The first kappa shape index (κ1) is 12.8. The Hall–Kier alpha value is -1.68.